The second-order valence-electron chi connectivity index (χ2n) is 4.13. The van der Waals surface area contributed by atoms with E-state index in [9.17, 15) is 18.0 Å². The zero-order chi connectivity index (χ0) is 15.6. The standard InChI is InChI=1S/C12H12ClF3N2O3/c1-2-20-11(19)7-3-4-8-9(5-7)18(10(6-13)17-8)21-12(14,15)16/h3-5,10,17H,2,6H2,1H3. The van der Waals surface area contributed by atoms with Crippen molar-refractivity contribution in [2.24, 2.45) is 0 Å². The predicted octanol–water partition coefficient (Wildman–Crippen LogP) is 3.11. The highest BCUT2D eigenvalue weighted by Gasteiger charge is 2.40. The van der Waals surface area contributed by atoms with E-state index < -0.39 is 18.5 Å². The lowest BCUT2D eigenvalue weighted by atomic mass is 10.2. The smallest absolute Gasteiger partial charge is 0.462 e. The molecular formula is C12H12ClF3N2O3. The minimum Gasteiger partial charge on any atom is -0.462 e. The molecule has 0 aromatic heterocycles. The summed E-state index contributed by atoms with van der Waals surface area (Å²) in [5.74, 6) is -0.763. The van der Waals surface area contributed by atoms with Gasteiger partial charge in [0.1, 0.15) is 6.17 Å². The summed E-state index contributed by atoms with van der Waals surface area (Å²) in [7, 11) is 0. The zero-order valence-electron chi connectivity index (χ0n) is 10.9. The van der Waals surface area contributed by atoms with Crippen LogP contribution in [0.4, 0.5) is 24.5 Å². The van der Waals surface area contributed by atoms with Crippen LogP contribution in [0.5, 0.6) is 0 Å². The molecule has 116 valence electrons. The van der Waals surface area contributed by atoms with Crippen molar-refractivity contribution in [1.82, 2.24) is 0 Å². The molecule has 21 heavy (non-hydrogen) atoms. The predicted molar refractivity (Wildman–Crippen MR) is 70.1 cm³/mol. The molecular weight excluding hydrogens is 313 g/mol. The van der Waals surface area contributed by atoms with Crippen molar-refractivity contribution in [3.63, 3.8) is 0 Å². The van der Waals surface area contributed by atoms with Gasteiger partial charge in [-0.25, -0.2) is 9.86 Å². The molecule has 1 aliphatic heterocycles. The van der Waals surface area contributed by atoms with Crippen LogP contribution in [0.2, 0.25) is 0 Å². The van der Waals surface area contributed by atoms with Gasteiger partial charge in [0.2, 0.25) is 0 Å². The first kappa shape index (κ1) is 15.7. The van der Waals surface area contributed by atoms with Gasteiger partial charge in [-0.3, -0.25) is 0 Å². The average molecular weight is 325 g/mol. The number of carbonyl (C=O) groups excluding carboxylic acids is 1. The number of nitrogens with one attached hydrogen (secondary N) is 1. The highest BCUT2D eigenvalue weighted by atomic mass is 35.5. The first-order chi connectivity index (χ1) is 9.85. The lowest BCUT2D eigenvalue weighted by molar-refractivity contribution is -0.331. The fraction of sp³-hybridized carbons (Fsp3) is 0.417. The highest BCUT2D eigenvalue weighted by molar-refractivity contribution is 6.18. The molecule has 1 aromatic rings. The number of hydrogen-bond acceptors (Lipinski definition) is 5. The number of hydrogen-bond donors (Lipinski definition) is 1. The lowest BCUT2D eigenvalue weighted by Gasteiger charge is -2.24. The van der Waals surface area contributed by atoms with Gasteiger partial charge in [-0.15, -0.1) is 24.8 Å². The first-order valence-corrected chi connectivity index (χ1v) is 6.58. The Kier molecular flexibility index (Phi) is 4.48. The topological polar surface area (TPSA) is 50.8 Å². The van der Waals surface area contributed by atoms with Gasteiger partial charge in [-0.1, -0.05) is 0 Å². The Morgan fingerprint density at radius 3 is 2.76 bits per heavy atom. The van der Waals surface area contributed by atoms with Gasteiger partial charge in [-0.05, 0) is 25.1 Å². The summed E-state index contributed by atoms with van der Waals surface area (Å²) in [5.41, 5.74) is 0.588. The molecule has 0 amide bonds. The molecule has 0 radical (unpaired) electrons. The second kappa shape index (κ2) is 5.98. The van der Waals surface area contributed by atoms with E-state index in [1.54, 1.807) is 6.92 Å². The number of carbonyl (C=O) groups is 1. The Hall–Kier alpha value is -1.67. The largest absolute Gasteiger partial charge is 0.544 e. The van der Waals surface area contributed by atoms with Crippen molar-refractivity contribution in [1.29, 1.82) is 0 Å². The van der Waals surface area contributed by atoms with Gasteiger partial charge in [-0.2, -0.15) is 4.84 Å². The highest BCUT2D eigenvalue weighted by Crippen LogP contribution is 2.38. The molecule has 1 heterocycles. The molecule has 1 unspecified atom stereocenters. The molecule has 0 aliphatic carbocycles. The van der Waals surface area contributed by atoms with E-state index in [4.69, 9.17) is 16.3 Å². The van der Waals surface area contributed by atoms with Gasteiger partial charge >= 0.3 is 12.3 Å². The quantitative estimate of drug-likeness (QED) is 0.681. The molecule has 2 rings (SSSR count). The third-order valence-corrected chi connectivity index (χ3v) is 2.99. The van der Waals surface area contributed by atoms with Gasteiger partial charge in [0.25, 0.3) is 0 Å². The Labute approximate surface area is 123 Å². The molecule has 0 fully saturated rings. The fourth-order valence-corrected chi connectivity index (χ4v) is 2.11. The summed E-state index contributed by atoms with van der Waals surface area (Å²) in [4.78, 5) is 15.6. The van der Waals surface area contributed by atoms with Crippen LogP contribution in [0.1, 0.15) is 17.3 Å². The van der Waals surface area contributed by atoms with E-state index in [1.807, 2.05) is 0 Å². The normalized spacial score (nSPS) is 17.4. The molecule has 0 spiro atoms. The van der Waals surface area contributed by atoms with Crippen LogP contribution in [0.3, 0.4) is 0 Å². The number of anilines is 2. The Bertz CT molecular complexity index is 539. The minimum atomic E-state index is -4.87. The SMILES string of the molecule is CCOC(=O)c1ccc2c(c1)N(OC(F)(F)F)C(CCl)N2. The molecule has 1 aromatic carbocycles. The number of esters is 1. The average Bonchev–Trinajstić information content (AvgIpc) is 2.74. The van der Waals surface area contributed by atoms with Crippen LogP contribution in [0.15, 0.2) is 18.2 Å². The van der Waals surface area contributed by atoms with Gasteiger partial charge in [0.05, 0.1) is 29.4 Å². The maximum Gasteiger partial charge on any atom is 0.544 e. The Morgan fingerprint density at radius 1 is 1.48 bits per heavy atom. The Morgan fingerprint density at radius 2 is 2.19 bits per heavy atom. The van der Waals surface area contributed by atoms with Crippen molar-refractivity contribution in [3.8, 4) is 0 Å². The molecule has 0 bridgehead atoms. The lowest BCUT2D eigenvalue weighted by Crippen LogP contribution is -2.41. The molecule has 1 atom stereocenters. The molecule has 0 saturated heterocycles. The van der Waals surface area contributed by atoms with Gasteiger partial charge in [0, 0.05) is 0 Å². The molecule has 1 aliphatic rings. The van der Waals surface area contributed by atoms with E-state index in [2.05, 4.69) is 10.2 Å². The van der Waals surface area contributed by atoms with E-state index >= 15 is 0 Å². The molecule has 9 heteroatoms. The summed E-state index contributed by atoms with van der Waals surface area (Å²) in [5, 5.41) is 3.37. The van der Waals surface area contributed by atoms with Crippen LogP contribution in [0.25, 0.3) is 0 Å². The summed E-state index contributed by atoms with van der Waals surface area (Å²) in [6.45, 7) is 1.80. The van der Waals surface area contributed by atoms with Gasteiger partial charge < -0.3 is 10.1 Å². The van der Waals surface area contributed by atoms with Crippen molar-refractivity contribution < 1.29 is 27.5 Å². The van der Waals surface area contributed by atoms with Crippen LogP contribution >= 0.6 is 11.6 Å². The summed E-state index contributed by atoms with van der Waals surface area (Å²) >= 11 is 5.63. The number of fused-ring (bicyclic) bond motifs is 1. The van der Waals surface area contributed by atoms with Crippen molar-refractivity contribution in [2.45, 2.75) is 19.5 Å². The summed E-state index contributed by atoms with van der Waals surface area (Å²) in [6.07, 6.45) is -5.76. The number of halogens is 4. The number of benzene rings is 1. The minimum absolute atomic E-state index is 0.0727. The monoisotopic (exact) mass is 324 g/mol. The number of ether oxygens (including phenoxy) is 1. The maximum absolute atomic E-state index is 12.5. The van der Waals surface area contributed by atoms with Crippen LogP contribution in [-0.2, 0) is 9.57 Å². The zero-order valence-corrected chi connectivity index (χ0v) is 11.7. The number of rotatable bonds is 4. The molecule has 1 N–H and O–H groups in total. The fourth-order valence-electron chi connectivity index (χ4n) is 1.91. The molecule has 5 nitrogen and oxygen atoms in total. The van der Waals surface area contributed by atoms with Crippen molar-refractivity contribution in [2.75, 3.05) is 22.9 Å². The summed E-state index contributed by atoms with van der Waals surface area (Å²) in [6, 6.07) is 4.19. The number of alkyl halides is 4. The van der Waals surface area contributed by atoms with Crippen LogP contribution in [0, 0.1) is 0 Å². The third kappa shape index (κ3) is 3.51. The van der Waals surface area contributed by atoms with Crippen molar-refractivity contribution >= 4 is 28.9 Å². The van der Waals surface area contributed by atoms with Crippen LogP contribution in [-0.4, -0.2) is 31.0 Å². The Balaban J connectivity index is 2.32. The summed E-state index contributed by atoms with van der Waals surface area (Å²) < 4.78 is 42.2. The van der Waals surface area contributed by atoms with E-state index in [-0.39, 0.29) is 23.7 Å². The van der Waals surface area contributed by atoms with Gasteiger partial charge in [0.15, 0.2) is 0 Å². The van der Waals surface area contributed by atoms with E-state index in [0.717, 1.165) is 0 Å². The van der Waals surface area contributed by atoms with E-state index in [1.165, 1.54) is 18.2 Å². The molecule has 0 saturated carbocycles. The van der Waals surface area contributed by atoms with E-state index in [0.29, 0.717) is 10.8 Å². The first-order valence-electron chi connectivity index (χ1n) is 6.04. The third-order valence-electron chi connectivity index (χ3n) is 2.70. The second-order valence-corrected chi connectivity index (χ2v) is 4.44. The maximum atomic E-state index is 12.5. The van der Waals surface area contributed by atoms with Crippen LogP contribution < -0.4 is 10.4 Å². The number of nitrogens with zero attached hydrogens (tertiary/aromatic N) is 1. The number of hydroxylamine groups is 1. The van der Waals surface area contributed by atoms with Crippen molar-refractivity contribution in [3.05, 3.63) is 23.8 Å².